The van der Waals surface area contributed by atoms with Crippen molar-refractivity contribution in [3.8, 4) is 5.88 Å². The maximum absolute atomic E-state index is 5.68. The van der Waals surface area contributed by atoms with E-state index < -0.39 is 0 Å². The van der Waals surface area contributed by atoms with Crippen LogP contribution in [0.2, 0.25) is 0 Å². The number of hydrogen-bond donors (Lipinski definition) is 1. The molecule has 2 heterocycles. The van der Waals surface area contributed by atoms with Gasteiger partial charge >= 0.3 is 0 Å². The molecule has 5 nitrogen and oxygen atoms in total. The molecule has 0 aliphatic carbocycles. The van der Waals surface area contributed by atoms with Crippen molar-refractivity contribution in [1.82, 2.24) is 14.4 Å². The smallest absolute Gasteiger partial charge is 0.260 e. The molecule has 0 aliphatic rings. The van der Waals surface area contributed by atoms with E-state index in [0.29, 0.717) is 17.3 Å². The molecule has 0 atom stereocenters. The highest BCUT2D eigenvalue weighted by Crippen LogP contribution is 2.21. The normalized spacial score (nSPS) is 11.9. The average Bonchev–Trinajstić information content (AvgIpc) is 2.48. The molecular weight excluding hydrogens is 192 g/mol. The van der Waals surface area contributed by atoms with Crippen LogP contribution in [0.15, 0.2) is 18.6 Å². The van der Waals surface area contributed by atoms with Crippen molar-refractivity contribution < 1.29 is 4.74 Å². The lowest BCUT2D eigenvalue weighted by atomic mass is 10.2. The summed E-state index contributed by atoms with van der Waals surface area (Å²) in [5.41, 5.74) is 6.03. The first-order chi connectivity index (χ1) is 6.96. The number of fused-ring (bicyclic) bond motifs is 1. The van der Waals surface area contributed by atoms with Crippen LogP contribution < -0.4 is 10.5 Å². The van der Waals surface area contributed by atoms with E-state index in [2.05, 4.69) is 9.97 Å². The van der Waals surface area contributed by atoms with E-state index >= 15 is 0 Å². The number of nitrogens with two attached hydrogens (primary N) is 1. The van der Waals surface area contributed by atoms with E-state index in [1.807, 2.05) is 27.0 Å². The molecule has 0 saturated carbocycles. The molecule has 0 bridgehead atoms. The molecule has 0 saturated heterocycles. The average molecular weight is 206 g/mol. The van der Waals surface area contributed by atoms with Crippen LogP contribution in [0.5, 0.6) is 5.88 Å². The summed E-state index contributed by atoms with van der Waals surface area (Å²) in [6.45, 7) is 5.87. The molecule has 0 aromatic carbocycles. The summed E-state index contributed by atoms with van der Waals surface area (Å²) in [4.78, 5) is 8.29. The lowest BCUT2D eigenvalue weighted by Crippen LogP contribution is -2.24. The fraction of sp³-hybridized carbons (Fsp3) is 0.400. The number of ether oxygens (including phenoxy) is 1. The van der Waals surface area contributed by atoms with Gasteiger partial charge in [0.15, 0.2) is 0 Å². The monoisotopic (exact) mass is 206 g/mol. The lowest BCUT2D eigenvalue weighted by molar-refractivity contribution is 0.126. The second-order valence-corrected chi connectivity index (χ2v) is 4.34. The van der Waals surface area contributed by atoms with Gasteiger partial charge in [-0.1, -0.05) is 0 Å². The van der Waals surface area contributed by atoms with Crippen LogP contribution in [0, 0.1) is 0 Å². The molecule has 0 aliphatic heterocycles. The molecular formula is C10H14N4O. The second-order valence-electron chi connectivity index (χ2n) is 4.34. The minimum atomic E-state index is -0.312. The van der Waals surface area contributed by atoms with Gasteiger partial charge in [0.05, 0.1) is 6.20 Å². The number of nitrogen functional groups attached to an aromatic ring is 1. The fourth-order valence-corrected chi connectivity index (χ4v) is 1.28. The Morgan fingerprint density at radius 3 is 2.80 bits per heavy atom. The highest BCUT2D eigenvalue weighted by atomic mass is 16.5. The van der Waals surface area contributed by atoms with Gasteiger partial charge in [-0.25, -0.2) is 4.98 Å². The molecule has 2 rings (SSSR count). The SMILES string of the molecule is CC(C)(C)Oc1nc(N)cn2ccnc12. The van der Waals surface area contributed by atoms with Crippen LogP contribution in [0.4, 0.5) is 5.82 Å². The van der Waals surface area contributed by atoms with E-state index in [9.17, 15) is 0 Å². The Bertz CT molecular complexity index is 484. The first kappa shape index (κ1) is 9.76. The number of nitrogens with zero attached hydrogens (tertiary/aromatic N) is 3. The molecule has 2 aromatic heterocycles. The zero-order chi connectivity index (χ0) is 11.1. The van der Waals surface area contributed by atoms with Gasteiger partial charge < -0.3 is 10.5 Å². The maximum Gasteiger partial charge on any atom is 0.260 e. The largest absolute Gasteiger partial charge is 0.469 e. The predicted molar refractivity (Wildman–Crippen MR) is 57.8 cm³/mol. The van der Waals surface area contributed by atoms with Gasteiger partial charge in [0.2, 0.25) is 5.65 Å². The Kier molecular flexibility index (Phi) is 2.03. The van der Waals surface area contributed by atoms with Gasteiger partial charge in [-0.2, -0.15) is 4.98 Å². The van der Waals surface area contributed by atoms with Crippen LogP contribution >= 0.6 is 0 Å². The summed E-state index contributed by atoms with van der Waals surface area (Å²) in [6, 6.07) is 0. The number of rotatable bonds is 1. The van der Waals surface area contributed by atoms with Gasteiger partial charge in [0.1, 0.15) is 11.4 Å². The topological polar surface area (TPSA) is 65.4 Å². The summed E-state index contributed by atoms with van der Waals surface area (Å²) >= 11 is 0. The number of hydrogen-bond acceptors (Lipinski definition) is 4. The molecule has 80 valence electrons. The van der Waals surface area contributed by atoms with Crippen molar-refractivity contribution in [2.75, 3.05) is 5.73 Å². The molecule has 0 amide bonds. The quantitative estimate of drug-likeness (QED) is 0.767. The van der Waals surface area contributed by atoms with E-state index in [-0.39, 0.29) is 5.60 Å². The summed E-state index contributed by atoms with van der Waals surface area (Å²) in [5, 5.41) is 0. The van der Waals surface area contributed by atoms with Crippen molar-refractivity contribution >= 4 is 11.5 Å². The van der Waals surface area contributed by atoms with Crippen molar-refractivity contribution in [3.05, 3.63) is 18.6 Å². The summed E-state index contributed by atoms with van der Waals surface area (Å²) in [5.74, 6) is 0.882. The summed E-state index contributed by atoms with van der Waals surface area (Å²) in [7, 11) is 0. The minimum absolute atomic E-state index is 0.312. The van der Waals surface area contributed by atoms with Crippen LogP contribution in [-0.2, 0) is 0 Å². The van der Waals surface area contributed by atoms with Crippen LogP contribution in [-0.4, -0.2) is 20.0 Å². The number of imidazole rings is 1. The first-order valence-corrected chi connectivity index (χ1v) is 4.74. The number of aromatic nitrogens is 3. The fourth-order valence-electron chi connectivity index (χ4n) is 1.28. The van der Waals surface area contributed by atoms with E-state index in [1.54, 1.807) is 16.8 Å². The molecule has 0 unspecified atom stereocenters. The molecule has 0 radical (unpaired) electrons. The third kappa shape index (κ3) is 2.01. The first-order valence-electron chi connectivity index (χ1n) is 4.74. The van der Waals surface area contributed by atoms with Crippen LogP contribution in [0.25, 0.3) is 5.65 Å². The highest BCUT2D eigenvalue weighted by Gasteiger charge is 2.16. The molecule has 0 fully saturated rings. The van der Waals surface area contributed by atoms with Crippen LogP contribution in [0.3, 0.4) is 0 Å². The van der Waals surface area contributed by atoms with Crippen molar-refractivity contribution in [1.29, 1.82) is 0 Å². The Hall–Kier alpha value is -1.78. The van der Waals surface area contributed by atoms with E-state index in [1.165, 1.54) is 0 Å². The molecule has 2 N–H and O–H groups in total. The van der Waals surface area contributed by atoms with Gasteiger partial charge in [0.25, 0.3) is 5.88 Å². The van der Waals surface area contributed by atoms with Gasteiger partial charge in [-0.15, -0.1) is 0 Å². The Morgan fingerprint density at radius 2 is 2.13 bits per heavy atom. The molecule has 15 heavy (non-hydrogen) atoms. The predicted octanol–water partition coefficient (Wildman–Crippen LogP) is 1.49. The highest BCUT2D eigenvalue weighted by molar-refractivity contribution is 5.52. The summed E-state index contributed by atoms with van der Waals surface area (Å²) < 4.78 is 7.47. The molecule has 5 heteroatoms. The Labute approximate surface area is 87.9 Å². The molecule has 2 aromatic rings. The Morgan fingerprint density at radius 1 is 1.40 bits per heavy atom. The Balaban J connectivity index is 2.53. The second kappa shape index (κ2) is 3.12. The van der Waals surface area contributed by atoms with E-state index in [4.69, 9.17) is 10.5 Å². The third-order valence-corrected chi connectivity index (χ3v) is 1.76. The standard InChI is InChI=1S/C10H14N4O/c1-10(2,3)15-9-8-12-4-5-14(8)6-7(11)13-9/h4-6H,11H2,1-3H3. The van der Waals surface area contributed by atoms with Crippen molar-refractivity contribution in [3.63, 3.8) is 0 Å². The third-order valence-electron chi connectivity index (χ3n) is 1.76. The van der Waals surface area contributed by atoms with Crippen LogP contribution in [0.1, 0.15) is 20.8 Å². The van der Waals surface area contributed by atoms with Gasteiger partial charge in [0, 0.05) is 12.4 Å². The molecule has 0 spiro atoms. The van der Waals surface area contributed by atoms with Crippen molar-refractivity contribution in [2.45, 2.75) is 26.4 Å². The maximum atomic E-state index is 5.68. The zero-order valence-corrected chi connectivity index (χ0v) is 9.06. The summed E-state index contributed by atoms with van der Waals surface area (Å²) in [6.07, 6.45) is 5.20. The van der Waals surface area contributed by atoms with Gasteiger partial charge in [-0.3, -0.25) is 4.40 Å². The lowest BCUT2D eigenvalue weighted by Gasteiger charge is -2.20. The zero-order valence-electron chi connectivity index (χ0n) is 9.06. The number of anilines is 1. The van der Waals surface area contributed by atoms with Crippen molar-refractivity contribution in [2.24, 2.45) is 0 Å². The minimum Gasteiger partial charge on any atom is -0.469 e. The van der Waals surface area contributed by atoms with E-state index in [0.717, 1.165) is 0 Å². The van der Waals surface area contributed by atoms with Gasteiger partial charge in [-0.05, 0) is 20.8 Å².